The third-order valence-electron chi connectivity index (χ3n) is 2.66. The van der Waals surface area contributed by atoms with Gasteiger partial charge in [0, 0.05) is 26.6 Å². The summed E-state index contributed by atoms with van der Waals surface area (Å²) in [6.07, 6.45) is 0.586. The van der Waals surface area contributed by atoms with Crippen molar-refractivity contribution in [3.8, 4) is 6.07 Å². The summed E-state index contributed by atoms with van der Waals surface area (Å²) < 4.78 is 27.2. The molecule has 5 nitrogen and oxygen atoms in total. The molecule has 0 aliphatic heterocycles. The second-order valence-electron chi connectivity index (χ2n) is 4.09. The fourth-order valence-electron chi connectivity index (χ4n) is 1.49. The molecule has 0 atom stereocenters. The minimum atomic E-state index is -3.57. The van der Waals surface area contributed by atoms with E-state index in [9.17, 15) is 8.42 Å². The first-order chi connectivity index (χ1) is 9.38. The third kappa shape index (κ3) is 4.93. The van der Waals surface area contributed by atoms with Crippen molar-refractivity contribution in [3.63, 3.8) is 0 Å². The molecule has 0 amide bonds. The van der Waals surface area contributed by atoms with Gasteiger partial charge in [0.1, 0.15) is 0 Å². The van der Waals surface area contributed by atoms with Gasteiger partial charge in [0.2, 0.25) is 0 Å². The normalized spacial score (nSPS) is 11.6. The lowest BCUT2D eigenvalue weighted by atomic mass is 10.1. The maximum absolute atomic E-state index is 11.8. The molecule has 1 N–H and O–H groups in total. The highest BCUT2D eigenvalue weighted by Crippen LogP contribution is 2.25. The predicted octanol–water partition coefficient (Wildman–Crippen LogP) is 2.22. The van der Waals surface area contributed by atoms with Crippen molar-refractivity contribution in [2.24, 2.45) is 0 Å². The van der Waals surface area contributed by atoms with Gasteiger partial charge in [-0.15, -0.1) is 0 Å². The van der Waals surface area contributed by atoms with E-state index in [1.165, 1.54) is 7.05 Å². The Bertz CT molecular complexity index is 599. The quantitative estimate of drug-likeness (QED) is 0.830. The zero-order valence-corrected chi connectivity index (χ0v) is 13.3. The third-order valence-corrected chi connectivity index (χ3v) is 5.09. The van der Waals surface area contributed by atoms with E-state index < -0.39 is 10.2 Å². The molecule has 0 unspecified atom stereocenters. The van der Waals surface area contributed by atoms with Gasteiger partial charge >= 0.3 is 0 Å². The number of halogens is 2. The van der Waals surface area contributed by atoms with Crippen LogP contribution in [-0.4, -0.2) is 32.9 Å². The minimum Gasteiger partial charge on any atom is -0.202 e. The van der Waals surface area contributed by atoms with Crippen LogP contribution in [-0.2, 0) is 16.6 Å². The van der Waals surface area contributed by atoms with Gasteiger partial charge in [-0.2, -0.15) is 18.0 Å². The summed E-state index contributed by atoms with van der Waals surface area (Å²) >= 11 is 11.9. The Labute approximate surface area is 129 Å². The van der Waals surface area contributed by atoms with Gasteiger partial charge in [-0.25, -0.2) is 4.72 Å². The molecule has 0 heterocycles. The average Bonchev–Trinajstić information content (AvgIpc) is 2.40. The van der Waals surface area contributed by atoms with Crippen LogP contribution in [0.2, 0.25) is 10.0 Å². The number of nitrogens with zero attached hydrogens (tertiary/aromatic N) is 2. The van der Waals surface area contributed by atoms with Crippen LogP contribution in [0.25, 0.3) is 0 Å². The highest BCUT2D eigenvalue weighted by Gasteiger charge is 2.16. The van der Waals surface area contributed by atoms with Crippen LogP contribution in [0.15, 0.2) is 18.2 Å². The summed E-state index contributed by atoms with van der Waals surface area (Å²) in [6.45, 7) is 0.364. The Morgan fingerprint density at radius 1 is 1.40 bits per heavy atom. The first kappa shape index (κ1) is 17.2. The highest BCUT2D eigenvalue weighted by atomic mass is 35.5. The zero-order chi connectivity index (χ0) is 15.2. The predicted molar refractivity (Wildman–Crippen MR) is 79.9 cm³/mol. The number of hydrogen-bond acceptors (Lipinski definition) is 3. The molecule has 0 aromatic heterocycles. The molecular formula is C12H15Cl2N3O2S. The molecule has 0 saturated carbocycles. The monoisotopic (exact) mass is 335 g/mol. The summed E-state index contributed by atoms with van der Waals surface area (Å²) in [6, 6.07) is 7.13. The van der Waals surface area contributed by atoms with Crippen LogP contribution >= 0.6 is 23.2 Å². The SMILES string of the molecule is CN(CCC#N)S(=O)(=O)NCCc1cccc(Cl)c1Cl. The van der Waals surface area contributed by atoms with E-state index in [2.05, 4.69) is 4.72 Å². The zero-order valence-electron chi connectivity index (χ0n) is 10.9. The molecule has 1 rings (SSSR count). The fraction of sp³-hybridized carbons (Fsp3) is 0.417. The maximum Gasteiger partial charge on any atom is 0.279 e. The Balaban J connectivity index is 2.55. The molecule has 20 heavy (non-hydrogen) atoms. The van der Waals surface area contributed by atoms with Crippen molar-refractivity contribution < 1.29 is 8.42 Å². The van der Waals surface area contributed by atoms with Crippen LogP contribution in [0.4, 0.5) is 0 Å². The van der Waals surface area contributed by atoms with Crippen molar-refractivity contribution in [2.75, 3.05) is 20.1 Å². The van der Waals surface area contributed by atoms with Crippen molar-refractivity contribution in [2.45, 2.75) is 12.8 Å². The van der Waals surface area contributed by atoms with E-state index in [4.69, 9.17) is 28.5 Å². The summed E-state index contributed by atoms with van der Waals surface area (Å²) in [4.78, 5) is 0. The molecule has 110 valence electrons. The first-order valence-corrected chi connectivity index (χ1v) is 8.09. The standard InChI is InChI=1S/C12H15Cl2N3O2S/c1-17(9-3-7-15)20(18,19)16-8-6-10-4-2-5-11(13)12(10)14/h2,4-5,16H,3,6,8-9H2,1H3. The van der Waals surface area contributed by atoms with Gasteiger partial charge in [0.05, 0.1) is 16.1 Å². The summed E-state index contributed by atoms with van der Waals surface area (Å²) in [5.74, 6) is 0. The molecule has 1 aromatic rings. The lowest BCUT2D eigenvalue weighted by molar-refractivity contribution is 0.464. The topological polar surface area (TPSA) is 73.2 Å². The second-order valence-corrected chi connectivity index (χ2v) is 6.74. The minimum absolute atomic E-state index is 0.150. The molecule has 0 spiro atoms. The number of benzene rings is 1. The summed E-state index contributed by atoms with van der Waals surface area (Å²) in [7, 11) is -2.15. The van der Waals surface area contributed by atoms with Crippen LogP contribution in [0, 0.1) is 11.3 Å². The molecule has 0 fully saturated rings. The highest BCUT2D eigenvalue weighted by molar-refractivity contribution is 7.87. The molecule has 0 aliphatic carbocycles. The second kappa shape index (κ2) is 7.81. The van der Waals surface area contributed by atoms with E-state index in [-0.39, 0.29) is 19.5 Å². The van der Waals surface area contributed by atoms with Gasteiger partial charge in [-0.05, 0) is 18.1 Å². The lowest BCUT2D eigenvalue weighted by Crippen LogP contribution is -2.39. The number of nitriles is 1. The Morgan fingerprint density at radius 2 is 2.10 bits per heavy atom. The summed E-state index contributed by atoms with van der Waals surface area (Å²) in [5.41, 5.74) is 0.779. The van der Waals surface area contributed by atoms with Crippen molar-refractivity contribution in [1.29, 1.82) is 5.26 Å². The van der Waals surface area contributed by atoms with Crippen molar-refractivity contribution in [3.05, 3.63) is 33.8 Å². The van der Waals surface area contributed by atoms with Crippen LogP contribution in [0.5, 0.6) is 0 Å². The molecular weight excluding hydrogens is 321 g/mol. The van der Waals surface area contributed by atoms with Gasteiger partial charge in [0.15, 0.2) is 0 Å². The number of rotatable bonds is 7. The first-order valence-electron chi connectivity index (χ1n) is 5.89. The van der Waals surface area contributed by atoms with Gasteiger partial charge in [-0.3, -0.25) is 0 Å². The van der Waals surface area contributed by atoms with E-state index in [0.29, 0.717) is 16.5 Å². The van der Waals surface area contributed by atoms with Crippen LogP contribution in [0.1, 0.15) is 12.0 Å². The van der Waals surface area contributed by atoms with Crippen LogP contribution < -0.4 is 4.72 Å². The Morgan fingerprint density at radius 3 is 2.75 bits per heavy atom. The van der Waals surface area contributed by atoms with E-state index in [1.54, 1.807) is 18.2 Å². The molecule has 8 heteroatoms. The maximum atomic E-state index is 11.8. The summed E-state index contributed by atoms with van der Waals surface area (Å²) in [5, 5.41) is 9.32. The Hall–Kier alpha value is -0.840. The van der Waals surface area contributed by atoms with Crippen molar-refractivity contribution >= 4 is 33.4 Å². The number of hydrogen-bond donors (Lipinski definition) is 1. The van der Waals surface area contributed by atoms with Gasteiger partial charge in [-0.1, -0.05) is 35.3 Å². The van der Waals surface area contributed by atoms with Crippen LogP contribution in [0.3, 0.4) is 0 Å². The van der Waals surface area contributed by atoms with E-state index in [1.807, 2.05) is 6.07 Å². The van der Waals surface area contributed by atoms with E-state index >= 15 is 0 Å². The van der Waals surface area contributed by atoms with Gasteiger partial charge in [0.25, 0.3) is 10.2 Å². The number of nitrogens with one attached hydrogen (secondary N) is 1. The van der Waals surface area contributed by atoms with E-state index in [0.717, 1.165) is 9.87 Å². The smallest absolute Gasteiger partial charge is 0.202 e. The van der Waals surface area contributed by atoms with Gasteiger partial charge < -0.3 is 0 Å². The molecule has 0 radical (unpaired) electrons. The molecule has 0 saturated heterocycles. The average molecular weight is 336 g/mol. The largest absolute Gasteiger partial charge is 0.279 e. The lowest BCUT2D eigenvalue weighted by Gasteiger charge is -2.16. The Kier molecular flexibility index (Phi) is 6.72. The molecule has 0 bridgehead atoms. The fourth-order valence-corrected chi connectivity index (χ4v) is 2.82. The molecule has 1 aromatic carbocycles. The molecule has 0 aliphatic rings. The van der Waals surface area contributed by atoms with Crippen molar-refractivity contribution in [1.82, 2.24) is 9.03 Å².